The second-order valence-corrected chi connectivity index (χ2v) is 13.0. The molecule has 1 unspecified atom stereocenters. The molecule has 2 radical (unpaired) electrons. The fraction of sp³-hybridized carbons (Fsp3) is 0.714. The Labute approximate surface area is 237 Å². The third-order valence-electron chi connectivity index (χ3n) is 3.08. The van der Waals surface area contributed by atoms with Crippen LogP contribution in [-0.2, 0) is 38.2 Å². The summed E-state index contributed by atoms with van der Waals surface area (Å²) in [6.07, 6.45) is -10.3. The molecule has 1 aliphatic rings. The van der Waals surface area contributed by atoms with Crippen molar-refractivity contribution in [2.24, 2.45) is 0 Å². The summed E-state index contributed by atoms with van der Waals surface area (Å²) < 4.78 is 22.5. The fourth-order valence-electron chi connectivity index (χ4n) is 2.00. The Bertz CT molecular complexity index is 707. The summed E-state index contributed by atoms with van der Waals surface area (Å²) in [5.74, 6) is 0. The SMILES string of the molecule is [CH][C@@H]1O[C@H](COC(=O)OOCC(Cl)(Cl)Cl)[C@H](OC(=O)OCC(Cl)(Cl)Cl)C1OC(=O)OC(Cl)(Cl)Cl. The number of hydrogen-bond donors (Lipinski definition) is 0. The van der Waals surface area contributed by atoms with E-state index in [1.165, 1.54) is 0 Å². The molecule has 0 spiro atoms. The topological polar surface area (TPSA) is 125 Å². The number of rotatable bonds is 7. The van der Waals surface area contributed by atoms with E-state index in [4.69, 9.17) is 130 Å². The van der Waals surface area contributed by atoms with Crippen molar-refractivity contribution in [3.8, 4) is 0 Å². The predicted octanol–water partition coefficient (Wildman–Crippen LogP) is 5.66. The zero-order valence-electron chi connectivity index (χ0n) is 15.9. The van der Waals surface area contributed by atoms with Gasteiger partial charge in [0.1, 0.15) is 32.0 Å². The van der Waals surface area contributed by atoms with Crippen LogP contribution >= 0.6 is 104 Å². The summed E-state index contributed by atoms with van der Waals surface area (Å²) in [5.41, 5.74) is 0. The third kappa shape index (κ3) is 14.2. The van der Waals surface area contributed by atoms with E-state index in [-0.39, 0.29) is 0 Å². The van der Waals surface area contributed by atoms with Crippen molar-refractivity contribution in [3.05, 3.63) is 6.92 Å². The van der Waals surface area contributed by atoms with Crippen LogP contribution in [0.1, 0.15) is 0 Å². The molecule has 34 heavy (non-hydrogen) atoms. The van der Waals surface area contributed by atoms with Gasteiger partial charge in [0.25, 0.3) is 0 Å². The molecule has 11 nitrogen and oxygen atoms in total. The minimum Gasteiger partial charge on any atom is -0.430 e. The normalized spacial score (nSPS) is 23.1. The molecule has 0 saturated carbocycles. The Balaban J connectivity index is 2.82. The molecule has 20 heteroatoms. The van der Waals surface area contributed by atoms with E-state index in [1.807, 2.05) is 0 Å². The van der Waals surface area contributed by atoms with Gasteiger partial charge >= 0.3 is 22.4 Å². The number of carbonyl (C=O) groups excluding carboxylic acids is 3. The quantitative estimate of drug-likeness (QED) is 0.109. The summed E-state index contributed by atoms with van der Waals surface area (Å²) in [6.45, 7) is 3.70. The molecular weight excluding hydrogens is 663 g/mol. The summed E-state index contributed by atoms with van der Waals surface area (Å²) in [5, 5.41) is 0. The molecule has 0 N–H and O–H groups in total. The molecule has 0 amide bonds. The highest BCUT2D eigenvalue weighted by Gasteiger charge is 2.49. The van der Waals surface area contributed by atoms with Crippen LogP contribution in [0.2, 0.25) is 0 Å². The van der Waals surface area contributed by atoms with Gasteiger partial charge in [0.2, 0.25) is 7.59 Å². The first kappa shape index (κ1) is 32.4. The number of alkyl halides is 9. The van der Waals surface area contributed by atoms with Crippen molar-refractivity contribution in [2.75, 3.05) is 19.8 Å². The van der Waals surface area contributed by atoms with Crippen LogP contribution in [0.15, 0.2) is 0 Å². The van der Waals surface area contributed by atoms with Crippen LogP contribution in [0.5, 0.6) is 0 Å². The highest BCUT2D eigenvalue weighted by atomic mass is 35.6. The van der Waals surface area contributed by atoms with E-state index < -0.39 is 74.3 Å². The molecule has 0 aromatic rings. The van der Waals surface area contributed by atoms with Crippen molar-refractivity contribution in [3.63, 3.8) is 0 Å². The molecule has 1 heterocycles. The summed E-state index contributed by atoms with van der Waals surface area (Å²) in [4.78, 5) is 44.0. The van der Waals surface area contributed by atoms with E-state index >= 15 is 0 Å². The minimum atomic E-state index is -2.49. The summed E-state index contributed by atoms with van der Waals surface area (Å²) >= 11 is 48.7. The lowest BCUT2D eigenvalue weighted by molar-refractivity contribution is -0.255. The number of carbonyl (C=O) groups is 3. The van der Waals surface area contributed by atoms with Crippen LogP contribution in [0.3, 0.4) is 0 Å². The first-order valence-electron chi connectivity index (χ1n) is 8.17. The molecular formula is C14H11Cl9O11. The maximum absolute atomic E-state index is 12.0. The number of hydrogen-bond acceptors (Lipinski definition) is 11. The van der Waals surface area contributed by atoms with Gasteiger partial charge in [-0.15, -0.1) is 0 Å². The van der Waals surface area contributed by atoms with Gasteiger partial charge in [0, 0.05) is 6.92 Å². The minimum absolute atomic E-state index is 0.625. The maximum atomic E-state index is 12.0. The van der Waals surface area contributed by atoms with E-state index in [0.717, 1.165) is 0 Å². The molecule has 1 fully saturated rings. The largest absolute Gasteiger partial charge is 0.540 e. The highest BCUT2D eigenvalue weighted by Crippen LogP contribution is 2.32. The molecule has 0 bridgehead atoms. The first-order valence-corrected chi connectivity index (χ1v) is 11.6. The molecule has 0 aromatic heterocycles. The number of halogens is 9. The maximum Gasteiger partial charge on any atom is 0.540 e. The lowest BCUT2D eigenvalue weighted by Crippen LogP contribution is -2.42. The van der Waals surface area contributed by atoms with Crippen LogP contribution in [0.25, 0.3) is 0 Å². The Morgan fingerprint density at radius 3 is 1.85 bits per heavy atom. The average Bonchev–Trinajstić information content (AvgIpc) is 2.90. The van der Waals surface area contributed by atoms with Crippen LogP contribution in [0.4, 0.5) is 14.4 Å². The summed E-state index contributed by atoms with van der Waals surface area (Å²) in [6, 6.07) is 0. The number of ether oxygens (including phenoxy) is 6. The lowest BCUT2D eigenvalue weighted by Gasteiger charge is -2.24. The van der Waals surface area contributed by atoms with Gasteiger partial charge in [0.05, 0.1) is 0 Å². The van der Waals surface area contributed by atoms with Crippen molar-refractivity contribution in [1.29, 1.82) is 0 Å². The van der Waals surface area contributed by atoms with E-state index in [9.17, 15) is 14.4 Å². The highest BCUT2D eigenvalue weighted by molar-refractivity contribution is 6.68. The molecule has 0 aromatic carbocycles. The summed E-state index contributed by atoms with van der Waals surface area (Å²) in [7, 11) is 0. The van der Waals surface area contributed by atoms with Gasteiger partial charge in [-0.3, -0.25) is 4.89 Å². The monoisotopic (exact) mass is 670 g/mol. The van der Waals surface area contributed by atoms with Crippen LogP contribution < -0.4 is 0 Å². The van der Waals surface area contributed by atoms with Gasteiger partial charge in [-0.05, 0) is 34.8 Å². The van der Waals surface area contributed by atoms with Gasteiger partial charge in [-0.2, -0.15) is 4.89 Å². The Morgan fingerprint density at radius 1 is 0.765 bits per heavy atom. The smallest absolute Gasteiger partial charge is 0.430 e. The van der Waals surface area contributed by atoms with Crippen molar-refractivity contribution < 1.29 is 52.6 Å². The molecule has 1 rings (SSSR count). The second kappa shape index (κ2) is 13.8. The second-order valence-electron chi connectivity index (χ2n) is 5.78. The van der Waals surface area contributed by atoms with Crippen molar-refractivity contribution >= 4 is 123 Å². The molecule has 1 aliphatic heterocycles. The Morgan fingerprint density at radius 2 is 1.32 bits per heavy atom. The first-order chi connectivity index (χ1) is 15.4. The van der Waals surface area contributed by atoms with Crippen LogP contribution in [0, 0.1) is 6.92 Å². The predicted molar refractivity (Wildman–Crippen MR) is 120 cm³/mol. The zero-order chi connectivity index (χ0) is 26.3. The Hall–Kier alpha value is 0.340. The molecule has 1 saturated heterocycles. The van der Waals surface area contributed by atoms with Gasteiger partial charge < -0.3 is 28.4 Å². The standard InChI is InChI=1S/C14H11Cl9O11/c1-5-7(31-11(26)33-14(21,22)23)8(32-9(24)28-3-12(15,16)17)6(30-5)2-27-10(25)34-29-4-13(18,19)20/h1,5-8H,2-4H2/t5-,6+,7?,8-/m0/s1. The van der Waals surface area contributed by atoms with E-state index in [1.54, 1.807) is 0 Å². The average molecular weight is 674 g/mol. The molecule has 4 atom stereocenters. The van der Waals surface area contributed by atoms with E-state index in [0.29, 0.717) is 0 Å². The van der Waals surface area contributed by atoms with E-state index in [2.05, 4.69) is 19.2 Å². The van der Waals surface area contributed by atoms with Crippen LogP contribution in [-0.4, -0.2) is 74.3 Å². The third-order valence-corrected chi connectivity index (χ3v) is 3.96. The molecule has 196 valence electrons. The van der Waals surface area contributed by atoms with Gasteiger partial charge in [-0.25, -0.2) is 14.4 Å². The van der Waals surface area contributed by atoms with Gasteiger partial charge in [-0.1, -0.05) is 69.6 Å². The van der Waals surface area contributed by atoms with Crippen molar-refractivity contribution in [1.82, 2.24) is 0 Å². The lowest BCUT2D eigenvalue weighted by atomic mass is 10.1. The Kier molecular flexibility index (Phi) is 13.1. The molecule has 0 aliphatic carbocycles. The van der Waals surface area contributed by atoms with Gasteiger partial charge in [0.15, 0.2) is 12.2 Å². The zero-order valence-corrected chi connectivity index (χ0v) is 22.7. The fourth-order valence-corrected chi connectivity index (χ4v) is 2.49. The van der Waals surface area contributed by atoms with Crippen molar-refractivity contribution in [2.45, 2.75) is 36.0 Å².